The number of carbonyl (C=O) groups excluding carboxylic acids is 1. The maximum absolute atomic E-state index is 11.4. The topological polar surface area (TPSA) is 102 Å². The molecule has 0 aromatic heterocycles. The van der Waals surface area contributed by atoms with Crippen LogP contribution in [0, 0.1) is 10.1 Å². The van der Waals surface area contributed by atoms with Gasteiger partial charge in [0.2, 0.25) is 0 Å². The van der Waals surface area contributed by atoms with Gasteiger partial charge in [-0.2, -0.15) is 0 Å². The van der Waals surface area contributed by atoms with E-state index in [-0.39, 0.29) is 36.1 Å². The van der Waals surface area contributed by atoms with E-state index in [1.165, 1.54) is 0 Å². The molecule has 2 heterocycles. The number of nitrogens with zero attached hydrogens (tertiary/aromatic N) is 3. The number of carbonyl (C=O) groups is 1. The zero-order chi connectivity index (χ0) is 9.42. The number of rotatable bonds is 1. The third-order valence-corrected chi connectivity index (χ3v) is 2.01. The second-order valence-electron chi connectivity index (χ2n) is 2.79. The minimum Gasteiger partial charge on any atom is -0.622 e. The number of hydrazine groups is 1. The molecule has 72 valence electrons. The monoisotopic (exact) mass is 209 g/mol. The SMILES string of the molecule is O=C1C([N+](=O)[O-])C[N-]C2NCNN12.[Na+]. The molecule has 2 N–H and O–H groups in total. The van der Waals surface area contributed by atoms with Crippen LogP contribution in [-0.2, 0) is 4.79 Å². The van der Waals surface area contributed by atoms with Crippen LogP contribution in [0.3, 0.4) is 0 Å². The van der Waals surface area contributed by atoms with Crippen molar-refractivity contribution in [1.29, 1.82) is 0 Å². The molecule has 1 amide bonds. The predicted octanol–water partition coefficient (Wildman–Crippen LogP) is -4.80. The first-order valence-electron chi connectivity index (χ1n) is 3.80. The Kier molecular flexibility index (Phi) is 3.81. The third kappa shape index (κ3) is 1.90. The van der Waals surface area contributed by atoms with Gasteiger partial charge in [-0.15, -0.1) is 0 Å². The van der Waals surface area contributed by atoms with Crippen molar-refractivity contribution < 1.29 is 39.3 Å². The molecule has 0 spiro atoms. The Morgan fingerprint density at radius 1 is 1.64 bits per heavy atom. The molecular weight excluding hydrogens is 201 g/mol. The number of hydrogen-bond acceptors (Lipinski definition) is 5. The smallest absolute Gasteiger partial charge is 0.622 e. The fourth-order valence-corrected chi connectivity index (χ4v) is 1.34. The van der Waals surface area contributed by atoms with Crippen LogP contribution >= 0.6 is 0 Å². The maximum atomic E-state index is 11.4. The molecule has 2 fully saturated rings. The summed E-state index contributed by atoms with van der Waals surface area (Å²) in [5, 5.41) is 18.4. The summed E-state index contributed by atoms with van der Waals surface area (Å²) >= 11 is 0. The summed E-state index contributed by atoms with van der Waals surface area (Å²) in [6.07, 6.45) is -0.441. The molecule has 2 saturated heterocycles. The Bertz CT molecular complexity index is 262. The molecule has 2 atom stereocenters. The van der Waals surface area contributed by atoms with Gasteiger partial charge in [0.1, 0.15) is 0 Å². The molecule has 8 nitrogen and oxygen atoms in total. The molecule has 2 unspecified atom stereocenters. The van der Waals surface area contributed by atoms with E-state index in [0.717, 1.165) is 5.01 Å². The van der Waals surface area contributed by atoms with Crippen molar-refractivity contribution in [1.82, 2.24) is 15.8 Å². The third-order valence-electron chi connectivity index (χ3n) is 2.01. The van der Waals surface area contributed by atoms with Crippen LogP contribution in [-0.4, -0.2) is 41.4 Å². The van der Waals surface area contributed by atoms with Gasteiger partial charge in [-0.25, -0.2) is 5.43 Å². The van der Waals surface area contributed by atoms with Gasteiger partial charge in [-0.05, 0) is 0 Å². The molecule has 2 aliphatic rings. The van der Waals surface area contributed by atoms with E-state index in [4.69, 9.17) is 0 Å². The maximum Gasteiger partial charge on any atom is 1.00 e. The van der Waals surface area contributed by atoms with Crippen LogP contribution in [0.25, 0.3) is 5.32 Å². The number of nitrogens with one attached hydrogen (secondary N) is 2. The van der Waals surface area contributed by atoms with E-state index >= 15 is 0 Å². The molecule has 14 heavy (non-hydrogen) atoms. The van der Waals surface area contributed by atoms with Gasteiger partial charge in [0.25, 0.3) is 6.04 Å². The van der Waals surface area contributed by atoms with Gasteiger partial charge < -0.3 is 5.32 Å². The summed E-state index contributed by atoms with van der Waals surface area (Å²) in [6.45, 7) is 0.353. The first-order chi connectivity index (χ1) is 6.20. The van der Waals surface area contributed by atoms with Gasteiger partial charge >= 0.3 is 35.5 Å². The van der Waals surface area contributed by atoms with Crippen molar-refractivity contribution in [3.8, 4) is 0 Å². The summed E-state index contributed by atoms with van der Waals surface area (Å²) in [5.41, 5.74) is 2.67. The fraction of sp³-hybridized carbons (Fsp3) is 0.800. The molecule has 0 aromatic rings. The van der Waals surface area contributed by atoms with Crippen molar-refractivity contribution >= 4 is 5.91 Å². The van der Waals surface area contributed by atoms with Crippen molar-refractivity contribution in [2.45, 2.75) is 12.3 Å². The summed E-state index contributed by atoms with van der Waals surface area (Å²) < 4.78 is 0. The zero-order valence-electron chi connectivity index (χ0n) is 7.64. The van der Waals surface area contributed by atoms with Crippen LogP contribution < -0.4 is 40.3 Å². The molecule has 0 radical (unpaired) electrons. The van der Waals surface area contributed by atoms with Gasteiger partial charge in [-0.3, -0.25) is 25.2 Å². The van der Waals surface area contributed by atoms with Crippen LogP contribution in [0.15, 0.2) is 0 Å². The van der Waals surface area contributed by atoms with E-state index < -0.39 is 23.2 Å². The van der Waals surface area contributed by atoms with Crippen molar-refractivity contribution in [2.24, 2.45) is 0 Å². The molecule has 0 aliphatic carbocycles. The predicted molar refractivity (Wildman–Crippen MR) is 40.8 cm³/mol. The average Bonchev–Trinajstić information content (AvgIpc) is 2.52. The first-order valence-corrected chi connectivity index (χ1v) is 3.80. The molecule has 2 rings (SSSR count). The van der Waals surface area contributed by atoms with E-state index in [2.05, 4.69) is 16.1 Å². The number of hydrogen-bond donors (Lipinski definition) is 2. The summed E-state index contributed by atoms with van der Waals surface area (Å²) in [7, 11) is 0. The van der Waals surface area contributed by atoms with Crippen molar-refractivity contribution in [3.05, 3.63) is 15.4 Å². The van der Waals surface area contributed by atoms with E-state index in [0.29, 0.717) is 6.67 Å². The minimum absolute atomic E-state index is 0. The van der Waals surface area contributed by atoms with E-state index in [1.807, 2.05) is 0 Å². The fourth-order valence-electron chi connectivity index (χ4n) is 1.34. The van der Waals surface area contributed by atoms with Crippen molar-refractivity contribution in [3.63, 3.8) is 0 Å². The Hall–Kier alpha value is -0.250. The number of nitro groups is 1. The Labute approximate surface area is 102 Å². The summed E-state index contributed by atoms with van der Waals surface area (Å²) in [5.74, 6) is -0.532. The largest absolute Gasteiger partial charge is 1.00 e. The molecular formula is C5H8N5NaO3. The quantitative estimate of drug-likeness (QED) is 0.256. The van der Waals surface area contributed by atoms with Crippen LogP contribution in [0.2, 0.25) is 0 Å². The standard InChI is InChI=1S/C5H8N5O3.Na/c11-4-3(10(12)13)1-6-5-7-2-8-9(4)5;/h3,5,7-8H,1-2H2;/q-1;+1. The molecule has 2 aliphatic heterocycles. The van der Waals surface area contributed by atoms with E-state index in [1.54, 1.807) is 0 Å². The Morgan fingerprint density at radius 3 is 3.00 bits per heavy atom. The zero-order valence-corrected chi connectivity index (χ0v) is 9.64. The molecule has 0 bridgehead atoms. The van der Waals surface area contributed by atoms with Gasteiger partial charge in [0.15, 0.2) is 0 Å². The minimum atomic E-state index is -1.23. The Balaban J connectivity index is 0.000000980. The normalized spacial score (nSPS) is 30.9. The van der Waals surface area contributed by atoms with Gasteiger partial charge in [0, 0.05) is 11.2 Å². The Morgan fingerprint density at radius 2 is 2.36 bits per heavy atom. The average molecular weight is 209 g/mol. The van der Waals surface area contributed by atoms with E-state index in [9.17, 15) is 14.9 Å². The van der Waals surface area contributed by atoms with Crippen molar-refractivity contribution in [2.75, 3.05) is 13.2 Å². The number of amides is 1. The molecule has 0 aromatic carbocycles. The molecule has 9 heteroatoms. The van der Waals surface area contributed by atoms with Crippen LogP contribution in [0.1, 0.15) is 0 Å². The van der Waals surface area contributed by atoms with Gasteiger partial charge in [0.05, 0.1) is 6.67 Å². The van der Waals surface area contributed by atoms with Crippen LogP contribution in [0.4, 0.5) is 0 Å². The second-order valence-corrected chi connectivity index (χ2v) is 2.79. The second kappa shape index (κ2) is 4.51. The molecule has 0 saturated carbocycles. The van der Waals surface area contributed by atoms with Gasteiger partial charge in [-0.1, -0.05) is 6.54 Å². The summed E-state index contributed by atoms with van der Waals surface area (Å²) in [4.78, 5) is 21.2. The van der Waals surface area contributed by atoms with Crippen LogP contribution in [0.5, 0.6) is 0 Å². The number of fused-ring (bicyclic) bond motifs is 1. The summed E-state index contributed by atoms with van der Waals surface area (Å²) in [6, 6.07) is -1.23. The first kappa shape index (κ1) is 11.8.